The van der Waals surface area contributed by atoms with E-state index in [1.807, 2.05) is 19.1 Å². The highest BCUT2D eigenvalue weighted by atomic mass is 16.6. The van der Waals surface area contributed by atoms with Crippen LogP contribution >= 0.6 is 0 Å². The van der Waals surface area contributed by atoms with Crippen molar-refractivity contribution in [3.05, 3.63) is 63.5 Å². The summed E-state index contributed by atoms with van der Waals surface area (Å²) in [5, 5.41) is 19.7. The van der Waals surface area contributed by atoms with Crippen LogP contribution in [0.4, 0.5) is 5.69 Å². The summed E-state index contributed by atoms with van der Waals surface area (Å²) in [7, 11) is 0. The Morgan fingerprint density at radius 3 is 2.76 bits per heavy atom. The number of aromatic nitrogens is 1. The maximum Gasteiger partial charge on any atom is 0.342 e. The van der Waals surface area contributed by atoms with E-state index in [0.717, 1.165) is 17.8 Å². The highest BCUT2D eigenvalue weighted by Gasteiger charge is 2.20. The fourth-order valence-corrected chi connectivity index (χ4v) is 1.77. The summed E-state index contributed by atoms with van der Waals surface area (Å²) in [4.78, 5) is 25.3. The zero-order valence-electron chi connectivity index (χ0n) is 11.1. The van der Waals surface area contributed by atoms with Crippen molar-refractivity contribution >= 4 is 11.7 Å². The summed E-state index contributed by atoms with van der Waals surface area (Å²) >= 11 is 0. The van der Waals surface area contributed by atoms with Crippen LogP contribution in [0.1, 0.15) is 21.7 Å². The molecule has 0 unspecified atom stereocenters. The summed E-state index contributed by atoms with van der Waals surface area (Å²) in [5.41, 5.74) is 0.648. The first-order valence-electron chi connectivity index (χ1n) is 6.04. The highest BCUT2D eigenvalue weighted by molar-refractivity contribution is 5.92. The number of carboxylic acid groups (broad SMARTS) is 1. The molecule has 1 aromatic heterocycles. The number of rotatable bonds is 5. The van der Waals surface area contributed by atoms with E-state index in [-0.39, 0.29) is 12.4 Å². The number of carboxylic acids is 1. The van der Waals surface area contributed by atoms with Crippen LogP contribution < -0.4 is 4.74 Å². The molecule has 0 spiro atoms. The van der Waals surface area contributed by atoms with E-state index in [0.29, 0.717) is 5.69 Å². The first-order chi connectivity index (χ1) is 9.97. The van der Waals surface area contributed by atoms with Crippen molar-refractivity contribution in [1.82, 2.24) is 4.98 Å². The lowest BCUT2D eigenvalue weighted by atomic mass is 10.1. The van der Waals surface area contributed by atoms with Crippen LogP contribution in [0.2, 0.25) is 0 Å². The molecule has 1 N–H and O–H groups in total. The van der Waals surface area contributed by atoms with Crippen LogP contribution in [-0.4, -0.2) is 21.0 Å². The third-order valence-corrected chi connectivity index (χ3v) is 2.73. The number of nitro groups is 1. The van der Waals surface area contributed by atoms with Crippen LogP contribution in [0.5, 0.6) is 5.75 Å². The Balaban J connectivity index is 2.19. The predicted octanol–water partition coefficient (Wildman–Crippen LogP) is 2.58. The average molecular weight is 288 g/mol. The van der Waals surface area contributed by atoms with E-state index in [9.17, 15) is 14.9 Å². The van der Waals surface area contributed by atoms with Gasteiger partial charge in [-0.2, -0.15) is 0 Å². The molecule has 0 atom stereocenters. The molecule has 7 heteroatoms. The van der Waals surface area contributed by atoms with Crippen molar-refractivity contribution in [3.63, 3.8) is 0 Å². The average Bonchev–Trinajstić information content (AvgIpc) is 2.44. The molecule has 0 saturated carbocycles. The van der Waals surface area contributed by atoms with Crippen LogP contribution in [0.3, 0.4) is 0 Å². The first kappa shape index (κ1) is 14.4. The van der Waals surface area contributed by atoms with Crippen molar-refractivity contribution in [2.75, 3.05) is 0 Å². The van der Waals surface area contributed by atoms with E-state index in [2.05, 4.69) is 4.98 Å². The van der Waals surface area contributed by atoms with Gasteiger partial charge in [-0.05, 0) is 25.1 Å². The van der Waals surface area contributed by atoms with Gasteiger partial charge in [0.05, 0.1) is 10.6 Å². The van der Waals surface area contributed by atoms with Crippen LogP contribution in [0.25, 0.3) is 0 Å². The summed E-state index contributed by atoms with van der Waals surface area (Å²) in [6, 6.07) is 9.06. The molecule has 2 aromatic rings. The molecule has 0 aliphatic carbocycles. The van der Waals surface area contributed by atoms with E-state index >= 15 is 0 Å². The van der Waals surface area contributed by atoms with Crippen molar-refractivity contribution in [1.29, 1.82) is 0 Å². The number of nitro benzene ring substituents is 1. The zero-order chi connectivity index (χ0) is 15.4. The standard InChI is InChI=1S/C14H12N2O5/c1-9-3-2-4-10(15-9)8-21-11-5-6-13(16(19)20)12(7-11)14(17)18/h2-7H,8H2,1H3,(H,17,18). The zero-order valence-corrected chi connectivity index (χ0v) is 11.1. The lowest BCUT2D eigenvalue weighted by molar-refractivity contribution is -0.385. The first-order valence-corrected chi connectivity index (χ1v) is 6.04. The SMILES string of the molecule is Cc1cccc(COc2ccc([N+](=O)[O-])c(C(=O)O)c2)n1. The Kier molecular flexibility index (Phi) is 4.13. The van der Waals surface area contributed by atoms with Gasteiger partial charge < -0.3 is 9.84 Å². The molecule has 0 aliphatic rings. The summed E-state index contributed by atoms with van der Waals surface area (Å²) < 4.78 is 5.42. The molecule has 1 heterocycles. The van der Waals surface area contributed by atoms with Gasteiger partial charge in [-0.25, -0.2) is 4.79 Å². The molecular weight excluding hydrogens is 276 g/mol. The van der Waals surface area contributed by atoms with Gasteiger partial charge in [-0.3, -0.25) is 15.1 Å². The van der Waals surface area contributed by atoms with Gasteiger partial charge in [-0.1, -0.05) is 6.07 Å². The Morgan fingerprint density at radius 2 is 2.14 bits per heavy atom. The van der Waals surface area contributed by atoms with Gasteiger partial charge in [0.1, 0.15) is 17.9 Å². The molecule has 2 rings (SSSR count). The molecule has 1 aromatic carbocycles. The summed E-state index contributed by atoms with van der Waals surface area (Å²) in [6.45, 7) is 2.00. The Morgan fingerprint density at radius 1 is 1.38 bits per heavy atom. The van der Waals surface area contributed by atoms with Gasteiger partial charge in [0, 0.05) is 17.8 Å². The molecule has 21 heavy (non-hydrogen) atoms. The minimum absolute atomic E-state index is 0.151. The second kappa shape index (κ2) is 6.00. The van der Waals surface area contributed by atoms with Gasteiger partial charge in [0.2, 0.25) is 0 Å². The number of aryl methyl sites for hydroxylation is 1. The third-order valence-electron chi connectivity index (χ3n) is 2.73. The van der Waals surface area contributed by atoms with Crippen molar-refractivity contribution in [2.24, 2.45) is 0 Å². The number of hydrogen-bond donors (Lipinski definition) is 1. The largest absolute Gasteiger partial charge is 0.487 e. The third kappa shape index (κ3) is 3.53. The fourth-order valence-electron chi connectivity index (χ4n) is 1.77. The van der Waals surface area contributed by atoms with Gasteiger partial charge in [0.15, 0.2) is 0 Å². The van der Waals surface area contributed by atoms with Crippen LogP contribution in [0.15, 0.2) is 36.4 Å². The lowest BCUT2D eigenvalue weighted by Crippen LogP contribution is -2.04. The number of nitrogens with zero attached hydrogens (tertiary/aromatic N) is 2. The fraction of sp³-hybridized carbons (Fsp3) is 0.143. The smallest absolute Gasteiger partial charge is 0.342 e. The number of pyridine rings is 1. The molecule has 108 valence electrons. The number of aromatic carboxylic acids is 1. The summed E-state index contributed by atoms with van der Waals surface area (Å²) in [6.07, 6.45) is 0. The molecule has 0 fully saturated rings. The number of benzene rings is 1. The van der Waals surface area contributed by atoms with Crippen molar-refractivity contribution in [3.8, 4) is 5.75 Å². The molecule has 0 saturated heterocycles. The molecular formula is C14H12N2O5. The van der Waals surface area contributed by atoms with Gasteiger partial charge in [0.25, 0.3) is 5.69 Å². The normalized spacial score (nSPS) is 10.1. The Bertz CT molecular complexity index is 700. The van der Waals surface area contributed by atoms with E-state index in [4.69, 9.17) is 9.84 Å². The predicted molar refractivity (Wildman–Crippen MR) is 73.4 cm³/mol. The second-order valence-corrected chi connectivity index (χ2v) is 4.30. The monoisotopic (exact) mass is 288 g/mol. The van der Waals surface area contributed by atoms with Gasteiger partial charge >= 0.3 is 5.97 Å². The van der Waals surface area contributed by atoms with E-state index in [1.165, 1.54) is 6.07 Å². The van der Waals surface area contributed by atoms with Crippen LogP contribution in [0, 0.1) is 17.0 Å². The maximum atomic E-state index is 11.0. The highest BCUT2D eigenvalue weighted by Crippen LogP contribution is 2.24. The maximum absolute atomic E-state index is 11.0. The Labute approximate surface area is 120 Å². The van der Waals surface area contributed by atoms with Crippen LogP contribution in [-0.2, 0) is 6.61 Å². The molecule has 0 bridgehead atoms. The minimum Gasteiger partial charge on any atom is -0.487 e. The minimum atomic E-state index is -1.37. The molecule has 7 nitrogen and oxygen atoms in total. The number of carbonyl (C=O) groups is 1. The molecule has 0 aliphatic heterocycles. The Hall–Kier alpha value is -2.96. The number of hydrogen-bond acceptors (Lipinski definition) is 5. The molecule has 0 radical (unpaired) electrons. The number of ether oxygens (including phenoxy) is 1. The van der Waals surface area contributed by atoms with Crippen molar-refractivity contribution < 1.29 is 19.6 Å². The lowest BCUT2D eigenvalue weighted by Gasteiger charge is -2.07. The summed E-state index contributed by atoms with van der Waals surface area (Å²) in [5.74, 6) is -1.14. The van der Waals surface area contributed by atoms with Gasteiger partial charge in [-0.15, -0.1) is 0 Å². The topological polar surface area (TPSA) is 103 Å². The quantitative estimate of drug-likeness (QED) is 0.670. The molecule has 0 amide bonds. The second-order valence-electron chi connectivity index (χ2n) is 4.30. The van der Waals surface area contributed by atoms with E-state index in [1.54, 1.807) is 6.07 Å². The van der Waals surface area contributed by atoms with E-state index < -0.39 is 22.1 Å². The van der Waals surface area contributed by atoms with Crippen molar-refractivity contribution in [2.45, 2.75) is 13.5 Å².